The number of hydrogen-bond acceptors (Lipinski definition) is 15. The number of aliphatic hydroxyl groups is 4. The van der Waals surface area contributed by atoms with Gasteiger partial charge in [0.25, 0.3) is 0 Å². The molecule has 0 radical (unpaired) electrons. The summed E-state index contributed by atoms with van der Waals surface area (Å²) in [5.41, 5.74) is 8.45. The van der Waals surface area contributed by atoms with Gasteiger partial charge in [-0.05, 0) is 73.8 Å². The van der Waals surface area contributed by atoms with Crippen molar-refractivity contribution in [2.45, 2.75) is 75.1 Å². The summed E-state index contributed by atoms with van der Waals surface area (Å²) < 4.78 is 5.88. The lowest BCUT2D eigenvalue weighted by atomic mass is 9.90. The Labute approximate surface area is 368 Å². The van der Waals surface area contributed by atoms with Crippen LogP contribution in [-0.4, -0.2) is 116 Å². The number of urea groups is 1. The van der Waals surface area contributed by atoms with Gasteiger partial charge in [0.15, 0.2) is 5.43 Å². The second kappa shape index (κ2) is 22.4. The zero-order valence-corrected chi connectivity index (χ0v) is 35.1. The van der Waals surface area contributed by atoms with Crippen molar-refractivity contribution in [1.82, 2.24) is 36.6 Å². The van der Waals surface area contributed by atoms with Crippen LogP contribution in [0.5, 0.6) is 5.75 Å². The Balaban J connectivity index is 0.970. The fourth-order valence-corrected chi connectivity index (χ4v) is 7.44. The highest BCUT2D eigenvalue weighted by Gasteiger charge is 2.29. The van der Waals surface area contributed by atoms with Crippen LogP contribution in [0.1, 0.15) is 41.0 Å². The average Bonchev–Trinajstić information content (AvgIpc) is 3.80. The summed E-state index contributed by atoms with van der Waals surface area (Å²) in [6, 6.07) is 19.8. The number of carbonyl (C=O) groups excluding carboxylic acids is 1. The summed E-state index contributed by atoms with van der Waals surface area (Å²) in [6.07, 6.45) is 0.616. The number of fused-ring (bicyclic) bond motifs is 2. The maximum absolute atomic E-state index is 12.8. The van der Waals surface area contributed by atoms with Gasteiger partial charge < -0.3 is 56.4 Å². The van der Waals surface area contributed by atoms with Crippen LogP contribution in [-0.2, 0) is 12.8 Å². The number of aliphatic hydroxyl groups excluding tert-OH is 4. The van der Waals surface area contributed by atoms with E-state index in [-0.39, 0.29) is 53.3 Å². The largest absolute Gasteiger partial charge is 0.508 e. The Morgan fingerprint density at radius 2 is 1.62 bits per heavy atom. The van der Waals surface area contributed by atoms with E-state index in [1.165, 1.54) is 30.3 Å². The number of aromatic nitrogens is 2. The molecule has 3 aromatic carbocycles. The van der Waals surface area contributed by atoms with Gasteiger partial charge in [-0.3, -0.25) is 26.1 Å². The normalized spacial score (nSPS) is 15.0. The van der Waals surface area contributed by atoms with Crippen LogP contribution in [0.2, 0.25) is 0 Å². The molecule has 0 spiro atoms. The number of amides is 2. The predicted octanol–water partition coefficient (Wildman–Crippen LogP) is 1.80. The average molecular weight is 882 g/mol. The molecule has 64 heavy (non-hydrogen) atoms. The molecule has 0 saturated carbocycles. The molecule has 6 rings (SSSR count). The summed E-state index contributed by atoms with van der Waals surface area (Å²) in [6.45, 7) is 0.136. The fraction of sp³-hybridized carbons (Fsp3) is 0.333. The number of aromatic amines is 1. The number of imidazole rings is 1. The first-order valence-electron chi connectivity index (χ1n) is 20.8. The number of anilines is 1. The lowest BCUT2D eigenvalue weighted by Gasteiger charge is -2.32. The Kier molecular flexibility index (Phi) is 16.5. The highest BCUT2D eigenvalue weighted by molar-refractivity contribution is 6.08. The third-order valence-corrected chi connectivity index (χ3v) is 10.7. The van der Waals surface area contributed by atoms with Crippen LogP contribution in [0.4, 0.5) is 10.5 Å². The van der Waals surface area contributed by atoms with Crippen molar-refractivity contribution in [3.63, 3.8) is 0 Å². The number of rotatable bonds is 23. The number of phenolic OH excluding ortho intramolecular Hbond substituents is 1. The smallest absolute Gasteiger partial charge is 0.336 e. The maximum atomic E-state index is 12.8. The highest BCUT2D eigenvalue weighted by Crippen LogP contribution is 2.42. The first-order chi connectivity index (χ1) is 30.8. The zero-order valence-electron chi connectivity index (χ0n) is 35.1. The number of nitrogens with one attached hydrogen (secondary N) is 7. The number of carboxylic acid groups (broad SMARTS) is 1. The van der Waals surface area contributed by atoms with E-state index < -0.39 is 55.0 Å². The van der Waals surface area contributed by atoms with Crippen molar-refractivity contribution in [2.75, 3.05) is 25.5 Å². The third-order valence-electron chi connectivity index (χ3n) is 10.7. The molecule has 1 aliphatic carbocycles. The molecule has 0 unspecified atom stereocenters. The van der Waals surface area contributed by atoms with Crippen molar-refractivity contribution < 1.29 is 44.6 Å². The van der Waals surface area contributed by atoms with E-state index in [1.807, 2.05) is 30.3 Å². The zero-order chi connectivity index (χ0) is 45.8. The Morgan fingerprint density at radius 1 is 0.859 bits per heavy atom. The molecule has 1 aromatic heterocycles. The van der Waals surface area contributed by atoms with Crippen LogP contribution in [0.25, 0.3) is 33.4 Å². The number of aromatic hydroxyl groups is 1. The Morgan fingerprint density at radius 3 is 2.36 bits per heavy atom. The summed E-state index contributed by atoms with van der Waals surface area (Å²) in [5.74, 6) is -0.504. The first kappa shape index (κ1) is 47.2. The first-order valence-corrected chi connectivity index (χ1v) is 20.8. The lowest BCUT2D eigenvalue weighted by molar-refractivity contribution is 0.00991. The summed E-state index contributed by atoms with van der Waals surface area (Å²) in [5, 5.41) is 81.5. The van der Waals surface area contributed by atoms with E-state index in [2.05, 4.69) is 41.9 Å². The van der Waals surface area contributed by atoms with Gasteiger partial charge in [-0.25, -0.2) is 14.6 Å². The Bertz CT molecular complexity index is 2470. The van der Waals surface area contributed by atoms with Gasteiger partial charge in [-0.15, -0.1) is 0 Å². The number of benzene rings is 4. The highest BCUT2D eigenvalue weighted by atomic mass is 16.4. The molecule has 0 bridgehead atoms. The van der Waals surface area contributed by atoms with E-state index in [1.54, 1.807) is 43.7 Å². The molecule has 2 heterocycles. The van der Waals surface area contributed by atoms with Crippen molar-refractivity contribution in [1.29, 1.82) is 0 Å². The number of likely N-dealkylation sites (N-methyl/N-ethyl adjacent to an activating group) is 1. The molecule has 19 heteroatoms. The topological polar surface area (TPSA) is 313 Å². The number of nitrogens with two attached hydrogens (primary N) is 1. The predicted molar refractivity (Wildman–Crippen MR) is 239 cm³/mol. The fourth-order valence-electron chi connectivity index (χ4n) is 7.44. The van der Waals surface area contributed by atoms with Gasteiger partial charge in [-0.2, -0.15) is 0 Å². The Hall–Kier alpha value is -6.26. The molecule has 19 nitrogen and oxygen atoms in total. The second-order valence-corrected chi connectivity index (χ2v) is 15.4. The molecule has 2 amide bonds. The maximum Gasteiger partial charge on any atom is 0.336 e. The summed E-state index contributed by atoms with van der Waals surface area (Å²) >= 11 is 0. The van der Waals surface area contributed by atoms with Crippen LogP contribution in [0, 0.1) is 0 Å². The van der Waals surface area contributed by atoms with E-state index in [0.29, 0.717) is 53.6 Å². The third kappa shape index (κ3) is 12.7. The molecule has 340 valence electrons. The number of unbranched alkanes of at least 4 members (excludes halogenated alkanes) is 1. The molecule has 2 aliphatic rings. The van der Waals surface area contributed by atoms with Gasteiger partial charge in [0.05, 0.1) is 17.6 Å². The molecular formula is C45H55N9O10. The molecule has 15 N–H and O–H groups in total. The van der Waals surface area contributed by atoms with Gasteiger partial charge in [0.2, 0.25) is 0 Å². The van der Waals surface area contributed by atoms with Crippen LogP contribution in [0.15, 0.2) is 107 Å². The van der Waals surface area contributed by atoms with Crippen molar-refractivity contribution in [2.24, 2.45) is 5.73 Å². The lowest BCUT2D eigenvalue weighted by Crippen LogP contribution is -2.60. The molecule has 0 fully saturated rings. The summed E-state index contributed by atoms with van der Waals surface area (Å²) in [7, 11) is 1.59. The summed E-state index contributed by atoms with van der Waals surface area (Å²) in [4.78, 5) is 44.7. The minimum Gasteiger partial charge on any atom is -0.508 e. The molecule has 0 saturated heterocycles. The number of hydrogen-bond donors (Lipinski definition) is 14. The number of phenols is 1. The SMILES string of the molecule is CN[C@@H](O)[C@H](Cc1ncc[nH]1)N[C@H](O)[C@H](Cc1ccccc1)N[C@@H](O)CN[C@H](O)[C@H](N)CCCCNC(=O)Nc1ccc(-c2c3ccc(=O)cc-3oc3cc(O)ccc23)c(C(=O)O)c1. The minimum absolute atomic E-state index is 0.0711. The van der Waals surface area contributed by atoms with E-state index >= 15 is 0 Å². The van der Waals surface area contributed by atoms with Gasteiger partial charge in [0, 0.05) is 72.3 Å². The molecular weight excluding hydrogens is 827 g/mol. The number of aromatic carboxylic acids is 1. The van der Waals surface area contributed by atoms with Gasteiger partial charge in [-0.1, -0.05) is 42.8 Å². The van der Waals surface area contributed by atoms with Crippen LogP contribution < -0.4 is 43.1 Å². The monoisotopic (exact) mass is 881 g/mol. The van der Waals surface area contributed by atoms with Crippen LogP contribution >= 0.6 is 0 Å². The minimum atomic E-state index is -1.25. The number of carboxylic acids is 1. The molecule has 4 aromatic rings. The van der Waals surface area contributed by atoms with Crippen molar-refractivity contribution in [3.05, 3.63) is 124 Å². The van der Waals surface area contributed by atoms with Gasteiger partial charge in [0.1, 0.15) is 47.8 Å². The van der Waals surface area contributed by atoms with E-state index in [4.69, 9.17) is 10.2 Å². The van der Waals surface area contributed by atoms with Crippen LogP contribution in [0.3, 0.4) is 0 Å². The van der Waals surface area contributed by atoms with E-state index in [9.17, 15) is 45.0 Å². The van der Waals surface area contributed by atoms with Gasteiger partial charge >= 0.3 is 12.0 Å². The number of carbonyl (C=O) groups is 2. The van der Waals surface area contributed by atoms with Crippen molar-refractivity contribution in [3.8, 4) is 28.2 Å². The van der Waals surface area contributed by atoms with E-state index in [0.717, 1.165) is 5.56 Å². The van der Waals surface area contributed by atoms with Crippen molar-refractivity contribution >= 4 is 28.7 Å². The molecule has 1 aliphatic heterocycles. The standard InChI is InChI=1S/C45H55N9O10/c1-47-42(59)35(23-38-48-17-18-49-38)54-43(60)34(19-25-7-3-2-4-8-25)53-39(57)24-51-41(58)33(46)9-5-6-16-50-45(63)52-26-10-13-29(32(20-26)44(61)62)40-30-14-11-27(55)21-36(30)64-37-22-28(56)12-15-31(37)40/h2-4,7-8,10-15,17-18,20-22,33-35,39,41-43,47,51,53-55,57-60H,5-6,9,16,19,23-24,46H2,1H3,(H,48,49)(H,61,62)(H2,50,52,63)/t33-,34+,35+,39+,41-,42+,43-/m1/s1. The number of H-pyrrole nitrogens is 1. The molecule has 7 atom stereocenters. The number of nitrogens with zero attached hydrogens (tertiary/aromatic N) is 1. The second-order valence-electron chi connectivity index (χ2n) is 15.4. The quantitative estimate of drug-likeness (QED) is 0.0248.